The number of amides is 2. The quantitative estimate of drug-likeness (QED) is 0.391. The SMILES string of the molecule is C/C=C\COC(=O)N1C(=O)C(O[Si](CC)(CC)CC)C1c1ccco1. The van der Waals surface area contributed by atoms with Crippen molar-refractivity contribution >= 4 is 20.3 Å². The van der Waals surface area contributed by atoms with Crippen LogP contribution in [0.4, 0.5) is 4.79 Å². The van der Waals surface area contributed by atoms with Gasteiger partial charge in [-0.25, -0.2) is 9.69 Å². The van der Waals surface area contributed by atoms with Gasteiger partial charge in [-0.15, -0.1) is 0 Å². The Morgan fingerprint density at radius 3 is 2.52 bits per heavy atom. The van der Waals surface area contributed by atoms with Gasteiger partial charge in [0.05, 0.1) is 6.26 Å². The van der Waals surface area contributed by atoms with Crippen molar-refractivity contribution < 1.29 is 23.2 Å². The first-order valence-corrected chi connectivity index (χ1v) is 11.4. The van der Waals surface area contributed by atoms with Crippen LogP contribution < -0.4 is 0 Å². The van der Waals surface area contributed by atoms with Crippen molar-refractivity contribution in [2.24, 2.45) is 0 Å². The molecule has 0 spiro atoms. The molecule has 7 heteroatoms. The number of likely N-dealkylation sites (tertiary alicyclic amines) is 1. The highest BCUT2D eigenvalue weighted by Crippen LogP contribution is 2.41. The van der Waals surface area contributed by atoms with Crippen LogP contribution in [0.5, 0.6) is 0 Å². The summed E-state index contributed by atoms with van der Waals surface area (Å²) >= 11 is 0. The first-order chi connectivity index (χ1) is 12.0. The summed E-state index contributed by atoms with van der Waals surface area (Å²) in [7, 11) is -1.99. The van der Waals surface area contributed by atoms with Gasteiger partial charge in [-0.05, 0) is 37.2 Å². The van der Waals surface area contributed by atoms with Crippen LogP contribution in [0.15, 0.2) is 35.0 Å². The maximum atomic E-state index is 12.6. The van der Waals surface area contributed by atoms with Gasteiger partial charge in [-0.3, -0.25) is 4.79 Å². The van der Waals surface area contributed by atoms with Crippen LogP contribution in [0.25, 0.3) is 0 Å². The van der Waals surface area contributed by atoms with Crippen molar-refractivity contribution in [2.45, 2.75) is 58.0 Å². The molecule has 1 fully saturated rings. The summed E-state index contributed by atoms with van der Waals surface area (Å²) in [6.45, 7) is 8.28. The highest BCUT2D eigenvalue weighted by atomic mass is 28.4. The number of β-lactam (4-membered cyclic amide) rings is 1. The van der Waals surface area contributed by atoms with Crippen LogP contribution in [0.1, 0.15) is 39.5 Å². The molecule has 1 aromatic rings. The molecule has 138 valence electrons. The predicted molar refractivity (Wildman–Crippen MR) is 96.5 cm³/mol. The number of rotatable bonds is 8. The molecule has 0 radical (unpaired) electrons. The van der Waals surface area contributed by atoms with E-state index in [0.717, 1.165) is 23.0 Å². The molecule has 2 atom stereocenters. The van der Waals surface area contributed by atoms with Crippen molar-refractivity contribution in [1.29, 1.82) is 0 Å². The number of hydrogen-bond donors (Lipinski definition) is 0. The predicted octanol–water partition coefficient (Wildman–Crippen LogP) is 4.27. The van der Waals surface area contributed by atoms with E-state index < -0.39 is 26.6 Å². The Bertz CT molecular complexity index is 601. The number of carbonyl (C=O) groups excluding carboxylic acids is 2. The summed E-state index contributed by atoms with van der Waals surface area (Å²) in [6, 6.07) is 5.73. The van der Waals surface area contributed by atoms with Gasteiger partial charge in [0, 0.05) is 0 Å². The molecule has 0 N–H and O–H groups in total. The molecule has 0 aromatic carbocycles. The summed E-state index contributed by atoms with van der Waals surface area (Å²) in [5, 5.41) is 0. The van der Waals surface area contributed by atoms with Gasteiger partial charge in [0.15, 0.2) is 14.4 Å². The molecule has 25 heavy (non-hydrogen) atoms. The topological polar surface area (TPSA) is 69.0 Å². The second-order valence-corrected chi connectivity index (χ2v) is 10.8. The first kappa shape index (κ1) is 19.5. The Morgan fingerprint density at radius 2 is 2.00 bits per heavy atom. The number of carbonyl (C=O) groups is 2. The van der Waals surface area contributed by atoms with Crippen LogP contribution in [0, 0.1) is 0 Å². The van der Waals surface area contributed by atoms with E-state index >= 15 is 0 Å². The largest absolute Gasteiger partial charge is 0.467 e. The van der Waals surface area contributed by atoms with E-state index in [9.17, 15) is 9.59 Å². The zero-order valence-corrected chi connectivity index (χ0v) is 16.4. The lowest BCUT2D eigenvalue weighted by atomic mass is 9.96. The molecule has 2 rings (SSSR count). The van der Waals surface area contributed by atoms with Crippen molar-refractivity contribution in [3.63, 3.8) is 0 Å². The fraction of sp³-hybridized carbons (Fsp3) is 0.556. The van der Waals surface area contributed by atoms with E-state index in [-0.39, 0.29) is 12.5 Å². The standard InChI is InChI=1S/C18H27NO5Si/c1-5-9-12-23-18(21)19-15(14-11-10-13-22-14)16(17(19)20)24-25(6-2,7-3)8-4/h5,9-11,13,15-16H,6-8,12H2,1-4H3/b9-5-. The van der Waals surface area contributed by atoms with Crippen molar-refractivity contribution in [2.75, 3.05) is 6.61 Å². The molecule has 1 saturated heterocycles. The van der Waals surface area contributed by atoms with Crippen molar-refractivity contribution in [3.8, 4) is 0 Å². The van der Waals surface area contributed by atoms with E-state index in [1.807, 2.05) is 6.92 Å². The minimum Gasteiger partial charge on any atom is -0.467 e. The first-order valence-electron chi connectivity index (χ1n) is 8.85. The average molecular weight is 366 g/mol. The number of furan rings is 1. The summed E-state index contributed by atoms with van der Waals surface area (Å²) < 4.78 is 16.9. The summed E-state index contributed by atoms with van der Waals surface area (Å²) in [4.78, 5) is 26.0. The number of ether oxygens (including phenoxy) is 1. The summed E-state index contributed by atoms with van der Waals surface area (Å²) in [6.07, 6.45) is 3.68. The van der Waals surface area contributed by atoms with Gasteiger partial charge in [0.2, 0.25) is 0 Å². The minimum absolute atomic E-state index is 0.132. The maximum Gasteiger partial charge on any atom is 0.417 e. The second-order valence-electron chi connectivity index (χ2n) is 6.10. The van der Waals surface area contributed by atoms with E-state index in [1.165, 1.54) is 6.26 Å². The molecule has 1 aliphatic rings. The monoisotopic (exact) mass is 365 g/mol. The molecule has 0 bridgehead atoms. The number of hydrogen-bond acceptors (Lipinski definition) is 5. The number of imide groups is 1. The zero-order chi connectivity index (χ0) is 18.4. The maximum absolute atomic E-state index is 12.6. The summed E-state index contributed by atoms with van der Waals surface area (Å²) in [5.41, 5.74) is 0. The van der Waals surface area contributed by atoms with E-state index in [2.05, 4.69) is 20.8 Å². The lowest BCUT2D eigenvalue weighted by Crippen LogP contribution is -2.64. The molecule has 6 nitrogen and oxygen atoms in total. The fourth-order valence-electron chi connectivity index (χ4n) is 3.07. The van der Waals surface area contributed by atoms with Crippen LogP contribution in [-0.4, -0.2) is 37.9 Å². The fourth-order valence-corrected chi connectivity index (χ4v) is 5.84. The molecule has 2 unspecified atom stereocenters. The van der Waals surface area contributed by atoms with Gasteiger partial charge in [-0.1, -0.05) is 32.9 Å². The van der Waals surface area contributed by atoms with Crippen LogP contribution >= 0.6 is 0 Å². The molecular weight excluding hydrogens is 338 g/mol. The van der Waals surface area contributed by atoms with E-state index in [1.54, 1.807) is 24.3 Å². The number of nitrogens with zero attached hydrogens (tertiary/aromatic N) is 1. The number of allylic oxidation sites excluding steroid dienone is 1. The summed E-state index contributed by atoms with van der Waals surface area (Å²) in [5.74, 6) is 0.192. The van der Waals surface area contributed by atoms with Gasteiger partial charge in [0.1, 0.15) is 18.4 Å². The Balaban J connectivity index is 2.20. The van der Waals surface area contributed by atoms with Crippen molar-refractivity contribution in [3.05, 3.63) is 36.3 Å². The van der Waals surface area contributed by atoms with Crippen LogP contribution in [0.3, 0.4) is 0 Å². The van der Waals surface area contributed by atoms with E-state index in [4.69, 9.17) is 13.6 Å². The average Bonchev–Trinajstić information content (AvgIpc) is 3.15. The molecular formula is C18H27NO5Si. The third-order valence-electron chi connectivity index (χ3n) is 4.93. The highest BCUT2D eigenvalue weighted by molar-refractivity contribution is 6.73. The molecule has 1 aliphatic heterocycles. The highest BCUT2D eigenvalue weighted by Gasteiger charge is 2.56. The van der Waals surface area contributed by atoms with Crippen LogP contribution in [-0.2, 0) is 14.0 Å². The van der Waals surface area contributed by atoms with Gasteiger partial charge >= 0.3 is 6.09 Å². The molecule has 1 aromatic heterocycles. The Morgan fingerprint density at radius 1 is 1.32 bits per heavy atom. The van der Waals surface area contributed by atoms with Gasteiger partial charge in [0.25, 0.3) is 5.91 Å². The van der Waals surface area contributed by atoms with Gasteiger partial charge in [-0.2, -0.15) is 0 Å². The molecule has 0 saturated carbocycles. The van der Waals surface area contributed by atoms with Gasteiger partial charge < -0.3 is 13.6 Å². The Hall–Kier alpha value is -1.86. The third-order valence-corrected chi connectivity index (χ3v) is 9.55. The van der Waals surface area contributed by atoms with E-state index in [0.29, 0.717) is 5.76 Å². The molecule has 0 aliphatic carbocycles. The lowest BCUT2D eigenvalue weighted by Gasteiger charge is -2.46. The Kier molecular flexibility index (Phi) is 6.61. The van der Waals surface area contributed by atoms with Crippen LogP contribution in [0.2, 0.25) is 18.1 Å². The second kappa shape index (κ2) is 8.49. The van der Waals surface area contributed by atoms with Crippen molar-refractivity contribution in [1.82, 2.24) is 4.90 Å². The molecule has 2 heterocycles. The molecule has 2 amide bonds. The Labute approximate surface area is 149 Å². The third kappa shape index (κ3) is 3.87. The smallest absolute Gasteiger partial charge is 0.417 e. The lowest BCUT2D eigenvalue weighted by molar-refractivity contribution is -0.162. The zero-order valence-electron chi connectivity index (χ0n) is 15.4. The normalized spacial score (nSPS) is 20.8. The minimum atomic E-state index is -1.99.